The molecule has 90 valence electrons. The molecule has 0 amide bonds. The van der Waals surface area contributed by atoms with Gasteiger partial charge in [0.2, 0.25) is 0 Å². The first-order valence-corrected chi connectivity index (χ1v) is 4.61. The molecule has 1 aromatic rings. The van der Waals surface area contributed by atoms with E-state index >= 15 is 0 Å². The second-order valence-corrected chi connectivity index (χ2v) is 3.28. The highest BCUT2D eigenvalue weighted by Gasteiger charge is 2.26. The van der Waals surface area contributed by atoms with Crippen molar-refractivity contribution in [2.45, 2.75) is 12.8 Å². The first-order valence-electron chi connectivity index (χ1n) is 4.24. The van der Waals surface area contributed by atoms with E-state index in [1.54, 1.807) is 0 Å². The van der Waals surface area contributed by atoms with Crippen LogP contribution in [0, 0.1) is 0 Å². The third-order valence-corrected chi connectivity index (χ3v) is 1.68. The van der Waals surface area contributed by atoms with Crippen molar-refractivity contribution in [3.8, 4) is 0 Å². The van der Waals surface area contributed by atoms with E-state index in [0.717, 1.165) is 0 Å². The lowest BCUT2D eigenvalue weighted by Crippen LogP contribution is -2.22. The number of aromatic nitrogens is 2. The number of hydrogen-bond donors (Lipinski definition) is 1. The molecule has 8 heteroatoms. The molecule has 0 saturated carbocycles. The molecule has 0 saturated heterocycles. The van der Waals surface area contributed by atoms with Gasteiger partial charge in [-0.2, -0.15) is 13.2 Å². The van der Waals surface area contributed by atoms with Crippen LogP contribution in [0.25, 0.3) is 0 Å². The Morgan fingerprint density at radius 1 is 1.44 bits per heavy atom. The van der Waals surface area contributed by atoms with Gasteiger partial charge in [-0.15, -0.1) is 0 Å². The van der Waals surface area contributed by atoms with Crippen molar-refractivity contribution in [1.29, 1.82) is 0 Å². The Labute approximate surface area is 94.8 Å². The van der Waals surface area contributed by atoms with E-state index in [1.807, 2.05) is 0 Å². The highest BCUT2D eigenvalue weighted by atomic mass is 35.5. The smallest absolute Gasteiger partial charge is 0.377 e. The third kappa shape index (κ3) is 4.63. The highest BCUT2D eigenvalue weighted by Crippen LogP contribution is 2.17. The van der Waals surface area contributed by atoms with E-state index in [4.69, 9.17) is 16.3 Å². The van der Waals surface area contributed by atoms with Crippen LogP contribution in [0.1, 0.15) is 5.82 Å². The van der Waals surface area contributed by atoms with Crippen molar-refractivity contribution in [1.82, 2.24) is 9.97 Å². The quantitative estimate of drug-likeness (QED) is 0.839. The molecule has 0 unspecified atom stereocenters. The number of nitrogens with one attached hydrogen (secondary N) is 1. The number of methoxy groups -OCH3 is 1. The molecule has 1 rings (SSSR count). The Kier molecular flexibility index (Phi) is 4.31. The highest BCUT2D eigenvalue weighted by molar-refractivity contribution is 6.29. The minimum absolute atomic E-state index is 0.0179. The first-order chi connectivity index (χ1) is 7.40. The summed E-state index contributed by atoms with van der Waals surface area (Å²) in [6.07, 6.45) is -4.31. The van der Waals surface area contributed by atoms with Crippen LogP contribution in [0.2, 0.25) is 5.15 Å². The maximum Gasteiger partial charge on any atom is 0.405 e. The largest absolute Gasteiger partial charge is 0.405 e. The number of rotatable bonds is 4. The Balaban J connectivity index is 2.72. The molecular weight excluding hydrogens is 247 g/mol. The number of nitrogens with zero attached hydrogens (tertiary/aromatic N) is 2. The Hall–Kier alpha value is -1.08. The van der Waals surface area contributed by atoms with Gasteiger partial charge >= 0.3 is 6.18 Å². The number of alkyl halides is 3. The fourth-order valence-corrected chi connectivity index (χ4v) is 1.14. The maximum atomic E-state index is 11.9. The van der Waals surface area contributed by atoms with Crippen LogP contribution >= 0.6 is 11.6 Å². The number of halogens is 4. The normalized spacial score (nSPS) is 11.6. The van der Waals surface area contributed by atoms with Crippen LogP contribution in [-0.2, 0) is 11.3 Å². The summed E-state index contributed by atoms with van der Waals surface area (Å²) < 4.78 is 40.5. The summed E-state index contributed by atoms with van der Waals surface area (Å²) in [5, 5.41) is 2.17. The zero-order valence-corrected chi connectivity index (χ0v) is 9.06. The molecule has 0 atom stereocenters. The summed E-state index contributed by atoms with van der Waals surface area (Å²) in [5.41, 5.74) is 0. The molecule has 0 aliphatic rings. The Bertz CT molecular complexity index is 359. The van der Waals surface area contributed by atoms with E-state index in [9.17, 15) is 13.2 Å². The summed E-state index contributed by atoms with van der Waals surface area (Å²) in [5.74, 6) is 0.240. The van der Waals surface area contributed by atoms with E-state index in [0.29, 0.717) is 0 Å². The molecule has 1 aromatic heterocycles. The molecule has 16 heavy (non-hydrogen) atoms. The average molecular weight is 256 g/mol. The molecule has 0 aromatic carbocycles. The van der Waals surface area contributed by atoms with Gasteiger partial charge < -0.3 is 10.1 Å². The molecule has 1 N–H and O–H groups in total. The molecule has 0 bridgehead atoms. The summed E-state index contributed by atoms with van der Waals surface area (Å²) in [6.45, 7) is -1.09. The van der Waals surface area contributed by atoms with Crippen molar-refractivity contribution in [3.63, 3.8) is 0 Å². The SMILES string of the molecule is COCc1nc(Cl)cc(NCC(F)(F)F)n1. The van der Waals surface area contributed by atoms with Gasteiger partial charge in [0.25, 0.3) is 0 Å². The van der Waals surface area contributed by atoms with Crippen molar-refractivity contribution in [2.75, 3.05) is 19.0 Å². The fraction of sp³-hybridized carbons (Fsp3) is 0.500. The van der Waals surface area contributed by atoms with Crippen molar-refractivity contribution < 1.29 is 17.9 Å². The van der Waals surface area contributed by atoms with Crippen LogP contribution in [0.3, 0.4) is 0 Å². The predicted molar refractivity (Wildman–Crippen MR) is 52.3 cm³/mol. The third-order valence-electron chi connectivity index (χ3n) is 1.48. The summed E-state index contributed by atoms with van der Waals surface area (Å²) in [7, 11) is 1.42. The van der Waals surface area contributed by atoms with Gasteiger partial charge in [-0.25, -0.2) is 9.97 Å². The van der Waals surface area contributed by atoms with Crippen LogP contribution in [0.5, 0.6) is 0 Å². The lowest BCUT2D eigenvalue weighted by molar-refractivity contribution is -0.115. The maximum absolute atomic E-state index is 11.9. The number of ether oxygens (including phenoxy) is 1. The monoisotopic (exact) mass is 255 g/mol. The molecule has 0 aliphatic carbocycles. The number of anilines is 1. The van der Waals surface area contributed by atoms with Crippen molar-refractivity contribution in [2.24, 2.45) is 0 Å². The minimum atomic E-state index is -4.31. The van der Waals surface area contributed by atoms with E-state index in [2.05, 4.69) is 15.3 Å². The average Bonchev–Trinajstić information content (AvgIpc) is 2.13. The Morgan fingerprint density at radius 3 is 2.69 bits per heavy atom. The Morgan fingerprint density at radius 2 is 2.12 bits per heavy atom. The number of hydrogen-bond acceptors (Lipinski definition) is 4. The van der Waals surface area contributed by atoms with Crippen LogP contribution in [0.15, 0.2) is 6.07 Å². The molecule has 0 fully saturated rings. The zero-order chi connectivity index (χ0) is 12.2. The standard InChI is InChI=1S/C8H9ClF3N3O/c1-16-3-7-14-5(9)2-6(15-7)13-4-8(10,11)12/h2H,3-4H2,1H3,(H,13,14,15). The topological polar surface area (TPSA) is 47.0 Å². The van der Waals surface area contributed by atoms with Crippen molar-refractivity contribution in [3.05, 3.63) is 17.0 Å². The van der Waals surface area contributed by atoms with Crippen LogP contribution in [0.4, 0.5) is 19.0 Å². The summed E-state index contributed by atoms with van der Waals surface area (Å²) in [4.78, 5) is 7.57. The molecule has 0 aliphatic heterocycles. The first kappa shape index (κ1) is 13.0. The fourth-order valence-electron chi connectivity index (χ4n) is 0.940. The van der Waals surface area contributed by atoms with E-state index < -0.39 is 12.7 Å². The van der Waals surface area contributed by atoms with Crippen LogP contribution in [-0.4, -0.2) is 29.8 Å². The minimum Gasteiger partial charge on any atom is -0.377 e. The van der Waals surface area contributed by atoms with Gasteiger partial charge in [-0.1, -0.05) is 11.6 Å². The molecule has 4 nitrogen and oxygen atoms in total. The van der Waals surface area contributed by atoms with Crippen LogP contribution < -0.4 is 5.32 Å². The molecule has 0 spiro atoms. The second kappa shape index (κ2) is 5.31. The predicted octanol–water partition coefficient (Wildman–Crippen LogP) is 2.25. The zero-order valence-electron chi connectivity index (χ0n) is 8.31. The molecule has 1 heterocycles. The summed E-state index contributed by atoms with van der Waals surface area (Å²) in [6, 6.07) is 1.21. The van der Waals surface area contributed by atoms with Gasteiger partial charge in [0.1, 0.15) is 24.1 Å². The van der Waals surface area contributed by atoms with E-state index in [1.165, 1.54) is 13.2 Å². The van der Waals surface area contributed by atoms with Gasteiger partial charge in [-0.05, 0) is 0 Å². The molecule has 0 radical (unpaired) electrons. The van der Waals surface area contributed by atoms with Gasteiger partial charge in [0.05, 0.1) is 0 Å². The molecular formula is C8H9ClF3N3O. The van der Waals surface area contributed by atoms with Gasteiger partial charge in [0, 0.05) is 13.2 Å². The van der Waals surface area contributed by atoms with E-state index in [-0.39, 0.29) is 23.4 Å². The lowest BCUT2D eigenvalue weighted by Gasteiger charge is -2.09. The van der Waals surface area contributed by atoms with Crippen molar-refractivity contribution >= 4 is 17.4 Å². The van der Waals surface area contributed by atoms with Gasteiger partial charge in [0.15, 0.2) is 5.82 Å². The second-order valence-electron chi connectivity index (χ2n) is 2.89. The summed E-state index contributed by atoms with van der Waals surface area (Å²) >= 11 is 5.61. The lowest BCUT2D eigenvalue weighted by atomic mass is 10.5. The van der Waals surface area contributed by atoms with Gasteiger partial charge in [-0.3, -0.25) is 0 Å².